The summed E-state index contributed by atoms with van der Waals surface area (Å²) < 4.78 is 50.1. The highest BCUT2D eigenvalue weighted by molar-refractivity contribution is 6.31. The molecule has 6 heteroatoms. The van der Waals surface area contributed by atoms with Crippen molar-refractivity contribution in [2.45, 2.75) is 25.6 Å². The maximum absolute atomic E-state index is 13.1. The number of rotatable bonds is 3. The van der Waals surface area contributed by atoms with E-state index in [-0.39, 0.29) is 16.1 Å². The minimum absolute atomic E-state index is 0.00306. The fourth-order valence-corrected chi connectivity index (χ4v) is 1.83. The second-order valence-electron chi connectivity index (χ2n) is 3.78. The van der Waals surface area contributed by atoms with Crippen molar-refractivity contribution in [3.05, 3.63) is 34.1 Å². The quantitative estimate of drug-likeness (QED) is 0.818. The Bertz CT molecular complexity index is 403. The van der Waals surface area contributed by atoms with Gasteiger partial charge in [0.15, 0.2) is 0 Å². The predicted molar refractivity (Wildman–Crippen MR) is 58.6 cm³/mol. The molecule has 0 aliphatic heterocycles. The van der Waals surface area contributed by atoms with Crippen LogP contribution in [-0.2, 0) is 0 Å². The predicted octanol–water partition coefficient (Wildman–Crippen LogP) is 4.00. The molecule has 0 radical (unpaired) electrons. The zero-order chi connectivity index (χ0) is 13.2. The Labute approximate surface area is 102 Å². The van der Waals surface area contributed by atoms with E-state index in [2.05, 4.69) is 5.32 Å². The molecule has 1 aromatic carbocycles. The number of halogens is 5. The molecular weight excluding hydrogens is 258 g/mol. The Morgan fingerprint density at radius 2 is 1.94 bits per heavy atom. The van der Waals surface area contributed by atoms with E-state index < -0.39 is 24.5 Å². The summed E-state index contributed by atoms with van der Waals surface area (Å²) in [7, 11) is 1.41. The van der Waals surface area contributed by atoms with Gasteiger partial charge in [0.2, 0.25) is 0 Å². The van der Waals surface area contributed by atoms with Crippen LogP contribution in [0, 0.1) is 12.7 Å². The maximum Gasteiger partial charge on any atom is 0.390 e. The SMILES string of the molecule is CNC(CC(F)(F)F)c1cc(C)c(F)cc1Cl. The molecule has 0 aliphatic carbocycles. The lowest BCUT2D eigenvalue weighted by molar-refractivity contribution is -0.140. The van der Waals surface area contributed by atoms with Gasteiger partial charge in [-0.05, 0) is 31.2 Å². The number of aryl methyl sites for hydroxylation is 1. The third-order valence-corrected chi connectivity index (χ3v) is 2.76. The number of alkyl halides is 3. The van der Waals surface area contributed by atoms with Gasteiger partial charge in [0, 0.05) is 11.1 Å². The van der Waals surface area contributed by atoms with Gasteiger partial charge in [0.05, 0.1) is 6.42 Å². The first-order valence-corrected chi connectivity index (χ1v) is 5.32. The second kappa shape index (κ2) is 5.23. The third kappa shape index (κ3) is 3.85. The van der Waals surface area contributed by atoms with Crippen molar-refractivity contribution in [1.82, 2.24) is 5.32 Å². The Balaban J connectivity index is 3.08. The third-order valence-electron chi connectivity index (χ3n) is 2.44. The molecule has 0 aromatic heterocycles. The van der Waals surface area contributed by atoms with Gasteiger partial charge in [0.25, 0.3) is 0 Å². The Kier molecular flexibility index (Phi) is 4.38. The van der Waals surface area contributed by atoms with Gasteiger partial charge in [0.1, 0.15) is 5.82 Å². The maximum atomic E-state index is 13.1. The van der Waals surface area contributed by atoms with Gasteiger partial charge in [-0.3, -0.25) is 0 Å². The Morgan fingerprint density at radius 3 is 2.41 bits per heavy atom. The summed E-state index contributed by atoms with van der Waals surface area (Å²) in [5.74, 6) is -0.527. The number of nitrogens with one attached hydrogen (secondary N) is 1. The summed E-state index contributed by atoms with van der Waals surface area (Å²) in [6.07, 6.45) is -5.35. The monoisotopic (exact) mass is 269 g/mol. The smallest absolute Gasteiger partial charge is 0.313 e. The first-order chi connectivity index (χ1) is 7.74. The zero-order valence-electron chi connectivity index (χ0n) is 9.33. The van der Waals surface area contributed by atoms with E-state index >= 15 is 0 Å². The van der Waals surface area contributed by atoms with Crippen LogP contribution in [0.4, 0.5) is 17.6 Å². The highest BCUT2D eigenvalue weighted by atomic mass is 35.5. The molecule has 17 heavy (non-hydrogen) atoms. The molecule has 0 fully saturated rings. The summed E-state index contributed by atoms with van der Waals surface area (Å²) in [6.45, 7) is 1.48. The number of benzene rings is 1. The van der Waals surface area contributed by atoms with Crippen molar-refractivity contribution in [3.8, 4) is 0 Å². The largest absolute Gasteiger partial charge is 0.390 e. The summed E-state index contributed by atoms with van der Waals surface area (Å²) in [4.78, 5) is 0. The van der Waals surface area contributed by atoms with Gasteiger partial charge in [-0.15, -0.1) is 0 Å². The van der Waals surface area contributed by atoms with Crippen LogP contribution >= 0.6 is 11.6 Å². The fraction of sp³-hybridized carbons (Fsp3) is 0.455. The molecule has 1 nitrogen and oxygen atoms in total. The molecule has 0 saturated carbocycles. The molecular formula is C11H12ClF4N. The minimum Gasteiger partial charge on any atom is -0.313 e. The van der Waals surface area contributed by atoms with Gasteiger partial charge in [-0.1, -0.05) is 17.7 Å². The molecule has 0 amide bonds. The highest BCUT2D eigenvalue weighted by Crippen LogP contribution is 2.33. The molecule has 1 unspecified atom stereocenters. The zero-order valence-corrected chi connectivity index (χ0v) is 10.1. The first kappa shape index (κ1) is 14.3. The van der Waals surface area contributed by atoms with Gasteiger partial charge in [-0.2, -0.15) is 13.2 Å². The van der Waals surface area contributed by atoms with E-state index in [1.54, 1.807) is 0 Å². The standard InChI is InChI=1S/C11H12ClF4N/c1-6-3-7(8(12)4-9(6)13)10(17-2)5-11(14,15)16/h3-4,10,17H,5H2,1-2H3. The van der Waals surface area contributed by atoms with Gasteiger partial charge >= 0.3 is 6.18 Å². The van der Waals surface area contributed by atoms with Crippen LogP contribution in [0.1, 0.15) is 23.6 Å². The number of hydrogen-bond acceptors (Lipinski definition) is 1. The van der Waals surface area contributed by atoms with E-state index in [9.17, 15) is 17.6 Å². The summed E-state index contributed by atoms with van der Waals surface area (Å²) in [5, 5.41) is 2.53. The minimum atomic E-state index is -4.31. The summed E-state index contributed by atoms with van der Waals surface area (Å²) >= 11 is 5.76. The van der Waals surface area contributed by atoms with Crippen molar-refractivity contribution >= 4 is 11.6 Å². The van der Waals surface area contributed by atoms with Crippen LogP contribution in [-0.4, -0.2) is 13.2 Å². The van der Waals surface area contributed by atoms with E-state index in [1.165, 1.54) is 20.0 Å². The van der Waals surface area contributed by atoms with Crippen molar-refractivity contribution in [3.63, 3.8) is 0 Å². The van der Waals surface area contributed by atoms with Gasteiger partial charge < -0.3 is 5.32 Å². The summed E-state index contributed by atoms with van der Waals surface area (Å²) in [6, 6.07) is 1.40. The van der Waals surface area contributed by atoms with Crippen molar-refractivity contribution in [1.29, 1.82) is 0 Å². The molecule has 1 N–H and O–H groups in total. The second-order valence-corrected chi connectivity index (χ2v) is 4.19. The molecule has 1 aromatic rings. The Hall–Kier alpha value is -0.810. The van der Waals surface area contributed by atoms with Crippen molar-refractivity contribution in [2.24, 2.45) is 0 Å². The van der Waals surface area contributed by atoms with E-state index in [0.717, 1.165) is 6.07 Å². The van der Waals surface area contributed by atoms with Crippen LogP contribution in [0.25, 0.3) is 0 Å². The van der Waals surface area contributed by atoms with Crippen LogP contribution in [0.2, 0.25) is 5.02 Å². The van der Waals surface area contributed by atoms with Crippen molar-refractivity contribution in [2.75, 3.05) is 7.05 Å². The first-order valence-electron chi connectivity index (χ1n) is 4.94. The normalized spacial score (nSPS) is 13.8. The molecule has 96 valence electrons. The lowest BCUT2D eigenvalue weighted by Gasteiger charge is -2.20. The molecule has 1 atom stereocenters. The lowest BCUT2D eigenvalue weighted by atomic mass is 10.0. The van der Waals surface area contributed by atoms with E-state index in [4.69, 9.17) is 11.6 Å². The van der Waals surface area contributed by atoms with E-state index in [0.29, 0.717) is 0 Å². The molecule has 0 heterocycles. The van der Waals surface area contributed by atoms with Gasteiger partial charge in [-0.25, -0.2) is 4.39 Å². The summed E-state index contributed by atoms with van der Waals surface area (Å²) in [5.41, 5.74) is 0.525. The lowest BCUT2D eigenvalue weighted by Crippen LogP contribution is -2.24. The molecule has 1 rings (SSSR count). The Morgan fingerprint density at radius 1 is 1.35 bits per heavy atom. The van der Waals surface area contributed by atoms with Crippen molar-refractivity contribution < 1.29 is 17.6 Å². The molecule has 0 aliphatic rings. The fourth-order valence-electron chi connectivity index (χ4n) is 1.55. The van der Waals surface area contributed by atoms with Crippen LogP contribution in [0.15, 0.2) is 12.1 Å². The average molecular weight is 270 g/mol. The number of hydrogen-bond donors (Lipinski definition) is 1. The molecule has 0 saturated heterocycles. The van der Waals surface area contributed by atoms with Crippen LogP contribution in [0.3, 0.4) is 0 Å². The average Bonchev–Trinajstić information content (AvgIpc) is 2.19. The van der Waals surface area contributed by atoms with Crippen LogP contribution in [0.5, 0.6) is 0 Å². The molecule has 0 spiro atoms. The topological polar surface area (TPSA) is 12.0 Å². The molecule has 0 bridgehead atoms. The van der Waals surface area contributed by atoms with E-state index in [1.807, 2.05) is 0 Å². The van der Waals surface area contributed by atoms with Crippen LogP contribution < -0.4 is 5.32 Å². The highest BCUT2D eigenvalue weighted by Gasteiger charge is 2.32.